The molecule has 0 aromatic heterocycles. The molecule has 0 bridgehead atoms. The fourth-order valence-corrected chi connectivity index (χ4v) is 3.85. The maximum Gasteiger partial charge on any atom is 0.193 e. The van der Waals surface area contributed by atoms with Gasteiger partial charge in [-0.15, -0.1) is 0 Å². The summed E-state index contributed by atoms with van der Waals surface area (Å²) >= 11 is 0. The zero-order chi connectivity index (χ0) is 19.8. The summed E-state index contributed by atoms with van der Waals surface area (Å²) < 4.78 is 24.7. The van der Waals surface area contributed by atoms with Gasteiger partial charge in [0.2, 0.25) is 0 Å². The molecule has 3 rings (SSSR count). The van der Waals surface area contributed by atoms with Crippen LogP contribution in [0, 0.1) is 5.82 Å². The molecule has 1 aliphatic heterocycles. The van der Waals surface area contributed by atoms with Crippen LogP contribution in [0.25, 0.3) is 0 Å². The van der Waals surface area contributed by atoms with Crippen molar-refractivity contribution < 1.29 is 13.9 Å². The predicted molar refractivity (Wildman–Crippen MR) is 110 cm³/mol. The third kappa shape index (κ3) is 5.67. The highest BCUT2D eigenvalue weighted by Crippen LogP contribution is 2.48. The first-order valence-electron chi connectivity index (χ1n) is 10.6. The number of guanidine groups is 1. The van der Waals surface area contributed by atoms with E-state index in [0.717, 1.165) is 76.5 Å². The molecule has 28 heavy (non-hydrogen) atoms. The number of rotatable bonds is 9. The van der Waals surface area contributed by atoms with E-state index in [0.29, 0.717) is 12.6 Å². The third-order valence-electron chi connectivity index (χ3n) is 5.74. The normalized spacial score (nSPS) is 19.7. The van der Waals surface area contributed by atoms with E-state index in [2.05, 4.69) is 17.1 Å². The Bertz CT molecular complexity index is 640. The third-order valence-corrected chi connectivity index (χ3v) is 5.74. The first-order chi connectivity index (χ1) is 13.7. The van der Waals surface area contributed by atoms with E-state index in [4.69, 9.17) is 14.5 Å². The van der Waals surface area contributed by atoms with Crippen molar-refractivity contribution in [3.05, 3.63) is 35.6 Å². The van der Waals surface area contributed by atoms with Crippen molar-refractivity contribution >= 4 is 5.96 Å². The van der Waals surface area contributed by atoms with Gasteiger partial charge in [-0.2, -0.15) is 0 Å². The largest absolute Gasteiger partial charge is 0.385 e. The number of likely N-dealkylation sites (tertiary alicyclic amines) is 1. The number of hydrogen-bond donors (Lipinski definition) is 1. The summed E-state index contributed by atoms with van der Waals surface area (Å²) in [6.45, 7) is 7.08. The van der Waals surface area contributed by atoms with E-state index in [1.54, 1.807) is 19.2 Å². The van der Waals surface area contributed by atoms with E-state index < -0.39 is 0 Å². The Kier molecular flexibility index (Phi) is 7.68. The van der Waals surface area contributed by atoms with Crippen LogP contribution in [-0.2, 0) is 14.9 Å². The second kappa shape index (κ2) is 10.2. The van der Waals surface area contributed by atoms with E-state index in [-0.39, 0.29) is 11.2 Å². The van der Waals surface area contributed by atoms with Crippen molar-refractivity contribution in [3.63, 3.8) is 0 Å². The molecule has 2 fully saturated rings. The Hall–Kier alpha value is -1.66. The van der Waals surface area contributed by atoms with Crippen molar-refractivity contribution in [2.24, 2.45) is 4.99 Å². The molecule has 0 spiro atoms. The van der Waals surface area contributed by atoms with Gasteiger partial charge in [0.1, 0.15) is 5.82 Å². The van der Waals surface area contributed by atoms with Crippen LogP contribution in [0.5, 0.6) is 0 Å². The molecule has 1 saturated heterocycles. The fraction of sp³-hybridized carbons (Fsp3) is 0.682. The molecule has 6 heteroatoms. The second-order valence-electron chi connectivity index (χ2n) is 7.86. The number of ether oxygens (including phenoxy) is 2. The van der Waals surface area contributed by atoms with Gasteiger partial charge in [-0.3, -0.25) is 4.99 Å². The van der Waals surface area contributed by atoms with Gasteiger partial charge in [-0.25, -0.2) is 4.39 Å². The number of hydrogen-bond acceptors (Lipinski definition) is 3. The van der Waals surface area contributed by atoms with E-state index in [1.807, 2.05) is 6.07 Å². The lowest BCUT2D eigenvalue weighted by molar-refractivity contribution is 0.00990. The molecule has 156 valence electrons. The molecule has 5 nitrogen and oxygen atoms in total. The quantitative estimate of drug-likeness (QED) is 0.398. The van der Waals surface area contributed by atoms with Crippen molar-refractivity contribution in [2.75, 3.05) is 46.5 Å². The molecular formula is C22H34FN3O2. The summed E-state index contributed by atoms with van der Waals surface area (Å²) in [5.41, 5.74) is 1.10. The maximum absolute atomic E-state index is 13.6. The maximum atomic E-state index is 13.6. The molecule has 1 aromatic carbocycles. The van der Waals surface area contributed by atoms with Crippen molar-refractivity contribution in [2.45, 2.75) is 50.5 Å². The van der Waals surface area contributed by atoms with Crippen LogP contribution in [-0.4, -0.2) is 63.5 Å². The van der Waals surface area contributed by atoms with Crippen LogP contribution in [0.15, 0.2) is 29.3 Å². The minimum Gasteiger partial charge on any atom is -0.385 e. The first kappa shape index (κ1) is 21.1. The average molecular weight is 392 g/mol. The zero-order valence-corrected chi connectivity index (χ0v) is 17.3. The van der Waals surface area contributed by atoms with E-state index in [1.165, 1.54) is 6.07 Å². The van der Waals surface area contributed by atoms with Gasteiger partial charge < -0.3 is 19.7 Å². The van der Waals surface area contributed by atoms with Crippen LogP contribution in [0.4, 0.5) is 4.39 Å². The number of nitrogens with one attached hydrogen (secondary N) is 1. The molecule has 0 unspecified atom stereocenters. The summed E-state index contributed by atoms with van der Waals surface area (Å²) in [5, 5.41) is 3.43. The predicted octanol–water partition coefficient (Wildman–Crippen LogP) is 3.34. The molecule has 0 atom stereocenters. The van der Waals surface area contributed by atoms with Crippen LogP contribution in [0.3, 0.4) is 0 Å². The van der Waals surface area contributed by atoms with Gasteiger partial charge in [-0.1, -0.05) is 12.1 Å². The van der Waals surface area contributed by atoms with Crippen LogP contribution >= 0.6 is 0 Å². The topological polar surface area (TPSA) is 46.1 Å². The highest BCUT2D eigenvalue weighted by Gasteiger charge is 2.44. The molecule has 0 radical (unpaired) electrons. The van der Waals surface area contributed by atoms with Crippen molar-refractivity contribution in [1.29, 1.82) is 0 Å². The highest BCUT2D eigenvalue weighted by atomic mass is 19.1. The Morgan fingerprint density at radius 1 is 1.29 bits per heavy atom. The lowest BCUT2D eigenvalue weighted by Crippen LogP contribution is -2.47. The molecule has 1 saturated carbocycles. The molecule has 1 aliphatic carbocycles. The zero-order valence-electron chi connectivity index (χ0n) is 17.3. The molecule has 1 N–H and O–H groups in total. The number of piperidine rings is 1. The van der Waals surface area contributed by atoms with E-state index in [9.17, 15) is 4.39 Å². The van der Waals surface area contributed by atoms with Crippen LogP contribution in [0.2, 0.25) is 0 Å². The minimum atomic E-state index is -0.160. The minimum absolute atomic E-state index is 0.0194. The lowest BCUT2D eigenvalue weighted by Gasteiger charge is -2.34. The number of halogens is 1. The molecule has 0 amide bonds. The standard InChI is InChI=1S/C22H34FN3O2/c1-3-24-21(26-12-8-20(9-13-26)28-15-5-14-27-2)25-17-22(10-11-22)18-6-4-7-19(23)16-18/h4,6-7,16,20H,3,5,8-15,17H2,1-2H3,(H,24,25). The lowest BCUT2D eigenvalue weighted by atomic mass is 9.96. The van der Waals surface area contributed by atoms with Crippen LogP contribution < -0.4 is 5.32 Å². The first-order valence-corrected chi connectivity index (χ1v) is 10.6. The highest BCUT2D eigenvalue weighted by molar-refractivity contribution is 5.80. The van der Waals surface area contributed by atoms with Gasteiger partial charge in [0.05, 0.1) is 12.6 Å². The monoisotopic (exact) mass is 391 g/mol. The Morgan fingerprint density at radius 3 is 2.71 bits per heavy atom. The fourth-order valence-electron chi connectivity index (χ4n) is 3.85. The molecule has 2 aliphatic rings. The Balaban J connectivity index is 1.54. The number of benzene rings is 1. The molecular weight excluding hydrogens is 357 g/mol. The van der Waals surface area contributed by atoms with E-state index >= 15 is 0 Å². The average Bonchev–Trinajstić information content (AvgIpc) is 3.50. The summed E-state index contributed by atoms with van der Waals surface area (Å²) in [4.78, 5) is 7.27. The molecule has 1 aromatic rings. The van der Waals surface area contributed by atoms with Crippen LogP contribution in [0.1, 0.15) is 44.6 Å². The second-order valence-corrected chi connectivity index (χ2v) is 7.86. The summed E-state index contributed by atoms with van der Waals surface area (Å²) in [6, 6.07) is 7.01. The van der Waals surface area contributed by atoms with Gasteiger partial charge in [0.25, 0.3) is 0 Å². The van der Waals surface area contributed by atoms with Gasteiger partial charge in [0.15, 0.2) is 5.96 Å². The number of nitrogens with zero attached hydrogens (tertiary/aromatic N) is 2. The van der Waals surface area contributed by atoms with Gasteiger partial charge in [-0.05, 0) is 56.7 Å². The smallest absolute Gasteiger partial charge is 0.193 e. The Labute approximate surface area is 168 Å². The van der Waals surface area contributed by atoms with Gasteiger partial charge >= 0.3 is 0 Å². The summed E-state index contributed by atoms with van der Waals surface area (Å²) in [6.07, 6.45) is 5.48. The summed E-state index contributed by atoms with van der Waals surface area (Å²) in [7, 11) is 1.72. The number of methoxy groups -OCH3 is 1. The van der Waals surface area contributed by atoms with Crippen molar-refractivity contribution in [3.8, 4) is 0 Å². The van der Waals surface area contributed by atoms with Gasteiger partial charge in [0, 0.05) is 45.4 Å². The van der Waals surface area contributed by atoms with Crippen molar-refractivity contribution in [1.82, 2.24) is 10.2 Å². The molecule has 1 heterocycles. The Morgan fingerprint density at radius 2 is 2.07 bits per heavy atom. The SMILES string of the molecule is CCNC(=NCC1(c2cccc(F)c2)CC1)N1CCC(OCCCOC)CC1. The summed E-state index contributed by atoms with van der Waals surface area (Å²) in [5.74, 6) is 0.815. The number of aliphatic imine (C=N–C) groups is 1.